The van der Waals surface area contributed by atoms with Gasteiger partial charge in [0.25, 0.3) is 11.5 Å². The van der Waals surface area contributed by atoms with Crippen LogP contribution < -0.4 is 10.9 Å². The van der Waals surface area contributed by atoms with E-state index in [-0.39, 0.29) is 5.56 Å². The van der Waals surface area contributed by atoms with Gasteiger partial charge in [0.2, 0.25) is 0 Å². The molecule has 0 radical (unpaired) electrons. The second-order valence-corrected chi connectivity index (χ2v) is 6.40. The molecule has 4 nitrogen and oxygen atoms in total. The smallest absolute Gasteiger partial charge is 0.261 e. The van der Waals surface area contributed by atoms with Gasteiger partial charge in [-0.15, -0.1) is 0 Å². The third-order valence-corrected chi connectivity index (χ3v) is 4.24. The maximum absolute atomic E-state index is 12.3. The summed E-state index contributed by atoms with van der Waals surface area (Å²) in [5.41, 5.74) is 2.56. The van der Waals surface area contributed by atoms with Crippen molar-refractivity contribution in [2.24, 2.45) is 0 Å². The molecule has 0 unspecified atom stereocenters. The number of aryl methyl sites for hydroxylation is 1. The number of amides is 1. The number of carbonyl (C=O) groups excluding carboxylic acids is 1. The number of aromatic nitrogens is 1. The minimum absolute atomic E-state index is 0.00174. The molecule has 2 N–H and O–H groups in total. The molecule has 3 rings (SSSR count). The van der Waals surface area contributed by atoms with Crippen LogP contribution in [0.25, 0.3) is 11.3 Å². The lowest BCUT2D eigenvalue weighted by Gasteiger charge is -2.08. The average Bonchev–Trinajstić information content (AvgIpc) is 2.58. The van der Waals surface area contributed by atoms with Crippen molar-refractivity contribution >= 4 is 34.8 Å². The summed E-state index contributed by atoms with van der Waals surface area (Å²) < 4.78 is 0. The van der Waals surface area contributed by atoms with Crippen LogP contribution in [-0.4, -0.2) is 10.9 Å². The minimum atomic E-state index is -0.541. The Morgan fingerprint density at radius 1 is 1.00 bits per heavy atom. The highest BCUT2D eigenvalue weighted by Crippen LogP contribution is 2.25. The molecule has 0 spiro atoms. The summed E-state index contributed by atoms with van der Waals surface area (Å²) in [6.07, 6.45) is 0. The fourth-order valence-corrected chi connectivity index (χ4v) is 2.79. The molecule has 0 saturated carbocycles. The van der Waals surface area contributed by atoms with E-state index in [2.05, 4.69) is 10.3 Å². The van der Waals surface area contributed by atoms with Gasteiger partial charge < -0.3 is 10.3 Å². The number of halogens is 2. The number of aromatic amines is 1. The van der Waals surface area contributed by atoms with Gasteiger partial charge in [-0.2, -0.15) is 0 Å². The summed E-state index contributed by atoms with van der Waals surface area (Å²) in [5.74, 6) is -0.541. The quantitative estimate of drug-likeness (QED) is 0.685. The molecule has 0 fully saturated rings. The SMILES string of the molecule is Cc1ccc(-c2ccc(C(=O)Nc3ccc(Cl)cc3Cl)c(=O)[nH]2)cc1. The molecule has 1 heterocycles. The Morgan fingerprint density at radius 3 is 2.36 bits per heavy atom. The van der Waals surface area contributed by atoms with Crippen LogP contribution in [0.15, 0.2) is 59.4 Å². The van der Waals surface area contributed by atoms with E-state index in [4.69, 9.17) is 23.2 Å². The maximum Gasteiger partial charge on any atom is 0.261 e. The maximum atomic E-state index is 12.3. The predicted octanol–water partition coefficient (Wildman–Crippen LogP) is 4.91. The Bertz CT molecular complexity index is 995. The van der Waals surface area contributed by atoms with E-state index in [0.29, 0.717) is 21.4 Å². The van der Waals surface area contributed by atoms with Crippen molar-refractivity contribution in [3.05, 3.63) is 86.1 Å². The largest absolute Gasteiger partial charge is 0.321 e. The number of rotatable bonds is 3. The Hall–Kier alpha value is -2.56. The minimum Gasteiger partial charge on any atom is -0.321 e. The van der Waals surface area contributed by atoms with E-state index in [1.165, 1.54) is 12.1 Å². The van der Waals surface area contributed by atoms with Crippen LogP contribution >= 0.6 is 23.2 Å². The summed E-state index contributed by atoms with van der Waals surface area (Å²) >= 11 is 11.9. The molecule has 0 aliphatic carbocycles. The third kappa shape index (κ3) is 3.92. The van der Waals surface area contributed by atoms with Crippen LogP contribution in [0.4, 0.5) is 5.69 Å². The summed E-state index contributed by atoms with van der Waals surface area (Å²) in [6, 6.07) is 15.6. The average molecular weight is 373 g/mol. The van der Waals surface area contributed by atoms with Gasteiger partial charge in [-0.25, -0.2) is 0 Å². The second-order valence-electron chi connectivity index (χ2n) is 5.56. The van der Waals surface area contributed by atoms with Gasteiger partial charge in [0, 0.05) is 10.7 Å². The number of carbonyl (C=O) groups is 1. The van der Waals surface area contributed by atoms with Crippen LogP contribution in [0, 0.1) is 6.92 Å². The number of pyridine rings is 1. The summed E-state index contributed by atoms with van der Waals surface area (Å²) in [6.45, 7) is 1.99. The van der Waals surface area contributed by atoms with Gasteiger partial charge in [-0.05, 0) is 42.8 Å². The lowest BCUT2D eigenvalue weighted by molar-refractivity contribution is 0.102. The first-order valence-corrected chi connectivity index (χ1v) is 8.26. The zero-order chi connectivity index (χ0) is 18.0. The topological polar surface area (TPSA) is 62.0 Å². The van der Waals surface area contributed by atoms with Crippen LogP contribution in [0.5, 0.6) is 0 Å². The van der Waals surface area contributed by atoms with E-state index in [1.54, 1.807) is 18.2 Å². The van der Waals surface area contributed by atoms with Crippen molar-refractivity contribution in [1.82, 2.24) is 4.98 Å². The molecule has 2 aromatic carbocycles. The third-order valence-electron chi connectivity index (χ3n) is 3.70. The zero-order valence-corrected chi connectivity index (χ0v) is 14.8. The highest BCUT2D eigenvalue weighted by molar-refractivity contribution is 6.36. The first-order valence-electron chi connectivity index (χ1n) is 7.51. The van der Waals surface area contributed by atoms with Crippen LogP contribution in [-0.2, 0) is 0 Å². The molecule has 126 valence electrons. The fourth-order valence-electron chi connectivity index (χ4n) is 2.33. The van der Waals surface area contributed by atoms with Crippen molar-refractivity contribution in [2.75, 3.05) is 5.32 Å². The Kier molecular flexibility index (Phi) is 4.93. The summed E-state index contributed by atoms with van der Waals surface area (Å²) in [7, 11) is 0. The first-order chi connectivity index (χ1) is 11.9. The molecule has 0 aliphatic rings. The first kappa shape index (κ1) is 17.3. The normalized spacial score (nSPS) is 10.5. The molecule has 1 amide bonds. The Morgan fingerprint density at radius 2 is 1.72 bits per heavy atom. The molecule has 0 bridgehead atoms. The van der Waals surface area contributed by atoms with Crippen molar-refractivity contribution < 1.29 is 4.79 Å². The number of hydrogen-bond donors (Lipinski definition) is 2. The lowest BCUT2D eigenvalue weighted by atomic mass is 10.1. The number of benzene rings is 2. The number of hydrogen-bond acceptors (Lipinski definition) is 2. The molecule has 3 aromatic rings. The van der Waals surface area contributed by atoms with Gasteiger partial charge in [0.1, 0.15) is 5.56 Å². The molecule has 0 aliphatic heterocycles. The van der Waals surface area contributed by atoms with E-state index >= 15 is 0 Å². The Labute approximate surface area is 154 Å². The van der Waals surface area contributed by atoms with Gasteiger partial charge in [-0.3, -0.25) is 9.59 Å². The van der Waals surface area contributed by atoms with Crippen molar-refractivity contribution in [3.8, 4) is 11.3 Å². The predicted molar refractivity (Wildman–Crippen MR) is 102 cm³/mol. The molecule has 0 saturated heterocycles. The number of H-pyrrole nitrogens is 1. The highest BCUT2D eigenvalue weighted by Gasteiger charge is 2.13. The summed E-state index contributed by atoms with van der Waals surface area (Å²) in [5, 5.41) is 3.37. The molecular weight excluding hydrogens is 359 g/mol. The van der Waals surface area contributed by atoms with Crippen LogP contribution in [0.2, 0.25) is 10.0 Å². The van der Waals surface area contributed by atoms with Gasteiger partial charge in [-0.1, -0.05) is 53.0 Å². The molecular formula is C19H14Cl2N2O2. The molecule has 25 heavy (non-hydrogen) atoms. The Balaban J connectivity index is 1.86. The standard InChI is InChI=1S/C19H14Cl2N2O2/c1-11-2-4-12(5-3-11)16-9-7-14(18(24)22-16)19(25)23-17-8-6-13(20)10-15(17)21/h2-10H,1H3,(H,22,24)(H,23,25). The molecule has 6 heteroatoms. The lowest BCUT2D eigenvalue weighted by Crippen LogP contribution is -2.23. The van der Waals surface area contributed by atoms with Crippen molar-refractivity contribution in [2.45, 2.75) is 6.92 Å². The second kappa shape index (κ2) is 7.13. The number of anilines is 1. The van der Waals surface area contributed by atoms with Gasteiger partial charge >= 0.3 is 0 Å². The van der Waals surface area contributed by atoms with Gasteiger partial charge in [0.15, 0.2) is 0 Å². The van der Waals surface area contributed by atoms with Crippen molar-refractivity contribution in [3.63, 3.8) is 0 Å². The van der Waals surface area contributed by atoms with E-state index in [9.17, 15) is 9.59 Å². The van der Waals surface area contributed by atoms with E-state index in [1.807, 2.05) is 31.2 Å². The van der Waals surface area contributed by atoms with E-state index < -0.39 is 11.5 Å². The van der Waals surface area contributed by atoms with Gasteiger partial charge in [0.05, 0.1) is 10.7 Å². The monoisotopic (exact) mass is 372 g/mol. The number of nitrogens with one attached hydrogen (secondary N) is 2. The van der Waals surface area contributed by atoms with Crippen LogP contribution in [0.1, 0.15) is 15.9 Å². The van der Waals surface area contributed by atoms with E-state index in [0.717, 1.165) is 11.1 Å². The van der Waals surface area contributed by atoms with Crippen LogP contribution in [0.3, 0.4) is 0 Å². The summed E-state index contributed by atoms with van der Waals surface area (Å²) in [4.78, 5) is 27.4. The molecule has 1 aromatic heterocycles. The fraction of sp³-hybridized carbons (Fsp3) is 0.0526. The highest BCUT2D eigenvalue weighted by atomic mass is 35.5. The zero-order valence-electron chi connectivity index (χ0n) is 13.3. The van der Waals surface area contributed by atoms with Crippen molar-refractivity contribution in [1.29, 1.82) is 0 Å². The molecule has 0 atom stereocenters.